The van der Waals surface area contributed by atoms with Crippen molar-refractivity contribution in [1.29, 1.82) is 0 Å². The summed E-state index contributed by atoms with van der Waals surface area (Å²) in [4.78, 5) is 0. The molecule has 0 spiro atoms. The predicted octanol–water partition coefficient (Wildman–Crippen LogP) is 4.52. The van der Waals surface area contributed by atoms with Crippen molar-refractivity contribution in [3.8, 4) is 5.92 Å². The molecule has 4 aromatic rings. The van der Waals surface area contributed by atoms with Gasteiger partial charge in [0.2, 0.25) is 0 Å². The fourth-order valence-corrected chi connectivity index (χ4v) is 2.84. The Morgan fingerprint density at radius 1 is 0.667 bits per heavy atom. The Morgan fingerprint density at radius 3 is 2.00 bits per heavy atom. The standard InChI is InChI=1S/C18H9/c1-2-12-6-7-15-9-8-13-4-3-5-14-10-11-16(12)18(15)17(13)14/h3-11H/q-1. The van der Waals surface area contributed by atoms with Crippen LogP contribution in [-0.4, -0.2) is 0 Å². The molecule has 0 unspecified atom stereocenters. The summed E-state index contributed by atoms with van der Waals surface area (Å²) in [7, 11) is 0. The largest absolute Gasteiger partial charge is 0.366 e. The molecule has 0 aliphatic carbocycles. The first-order valence-electron chi connectivity index (χ1n) is 5.98. The molecule has 0 atom stereocenters. The maximum absolute atomic E-state index is 7.41. The van der Waals surface area contributed by atoms with Crippen LogP contribution in [0.3, 0.4) is 0 Å². The van der Waals surface area contributed by atoms with E-state index in [2.05, 4.69) is 54.5 Å². The third-order valence-corrected chi connectivity index (χ3v) is 3.66. The van der Waals surface area contributed by atoms with E-state index in [1.165, 1.54) is 26.9 Å². The minimum atomic E-state index is 0.862. The quantitative estimate of drug-likeness (QED) is 0.234. The molecule has 0 amide bonds. The van der Waals surface area contributed by atoms with Gasteiger partial charge in [-0.2, -0.15) is 0 Å². The zero-order valence-corrected chi connectivity index (χ0v) is 9.70. The van der Waals surface area contributed by atoms with Gasteiger partial charge in [0.1, 0.15) is 0 Å². The molecule has 0 nitrogen and oxygen atoms in total. The molecule has 0 aliphatic heterocycles. The van der Waals surface area contributed by atoms with E-state index in [0.717, 1.165) is 10.9 Å². The molecular formula is C18H9-. The highest BCUT2D eigenvalue weighted by Crippen LogP contribution is 2.35. The molecule has 0 heterocycles. The summed E-state index contributed by atoms with van der Waals surface area (Å²) in [6.45, 7) is 0. The van der Waals surface area contributed by atoms with Crippen LogP contribution in [0.4, 0.5) is 0 Å². The van der Waals surface area contributed by atoms with E-state index in [1.807, 2.05) is 6.07 Å². The highest BCUT2D eigenvalue weighted by molar-refractivity contribution is 6.23. The minimum absolute atomic E-state index is 0.862. The van der Waals surface area contributed by atoms with Crippen LogP contribution in [-0.2, 0) is 0 Å². The van der Waals surface area contributed by atoms with Crippen molar-refractivity contribution in [2.45, 2.75) is 0 Å². The Kier molecular flexibility index (Phi) is 1.71. The highest BCUT2D eigenvalue weighted by Gasteiger charge is 2.06. The third-order valence-electron chi connectivity index (χ3n) is 3.66. The first kappa shape index (κ1) is 9.50. The lowest BCUT2D eigenvalue weighted by Gasteiger charge is -2.15. The molecular weight excluding hydrogens is 216 g/mol. The van der Waals surface area contributed by atoms with Gasteiger partial charge in [-0.05, 0) is 26.9 Å². The van der Waals surface area contributed by atoms with Gasteiger partial charge in [-0.3, -0.25) is 5.92 Å². The van der Waals surface area contributed by atoms with Crippen LogP contribution in [0.25, 0.3) is 32.3 Å². The van der Waals surface area contributed by atoms with Crippen LogP contribution < -0.4 is 0 Å². The van der Waals surface area contributed by atoms with Crippen LogP contribution >= 0.6 is 0 Å². The summed E-state index contributed by atoms with van der Waals surface area (Å²) < 4.78 is 0. The van der Waals surface area contributed by atoms with E-state index in [9.17, 15) is 0 Å². The van der Waals surface area contributed by atoms with Gasteiger partial charge in [0.15, 0.2) is 0 Å². The molecule has 18 heavy (non-hydrogen) atoms. The normalized spacial score (nSPS) is 11.3. The average molecular weight is 225 g/mol. The smallest absolute Gasteiger partial charge is 0.00419 e. The lowest BCUT2D eigenvalue weighted by Crippen LogP contribution is -1.86. The lowest BCUT2D eigenvalue weighted by atomic mass is 9.92. The maximum Gasteiger partial charge on any atom is -0.00419 e. The third kappa shape index (κ3) is 1.06. The number of hydrogen-bond donors (Lipinski definition) is 0. The summed E-state index contributed by atoms with van der Waals surface area (Å²) in [6.07, 6.45) is 7.41. The summed E-state index contributed by atoms with van der Waals surface area (Å²) in [6, 6.07) is 19.0. The van der Waals surface area contributed by atoms with Gasteiger partial charge >= 0.3 is 0 Å². The van der Waals surface area contributed by atoms with E-state index in [1.54, 1.807) is 0 Å². The summed E-state index contributed by atoms with van der Waals surface area (Å²) in [5, 5.41) is 7.41. The average Bonchev–Trinajstić information content (AvgIpc) is 2.44. The Bertz CT molecular complexity index is 907. The van der Waals surface area contributed by atoms with Crippen LogP contribution in [0.2, 0.25) is 0 Å². The van der Waals surface area contributed by atoms with Gasteiger partial charge in [-0.15, -0.1) is 11.6 Å². The van der Waals surface area contributed by atoms with Crippen molar-refractivity contribution in [3.05, 3.63) is 66.6 Å². The van der Waals surface area contributed by atoms with Crippen molar-refractivity contribution in [1.82, 2.24) is 0 Å². The monoisotopic (exact) mass is 225 g/mol. The summed E-state index contributed by atoms with van der Waals surface area (Å²) in [5.74, 6) is 2.53. The molecule has 0 fully saturated rings. The van der Waals surface area contributed by atoms with E-state index in [4.69, 9.17) is 6.42 Å². The van der Waals surface area contributed by atoms with E-state index in [-0.39, 0.29) is 0 Å². The second kappa shape index (κ2) is 3.24. The van der Waals surface area contributed by atoms with Gasteiger partial charge in [0.25, 0.3) is 0 Å². The molecule has 0 heteroatoms. The number of hydrogen-bond acceptors (Lipinski definition) is 0. The first-order valence-corrected chi connectivity index (χ1v) is 5.98. The van der Waals surface area contributed by atoms with Gasteiger partial charge in [0.05, 0.1) is 0 Å². The second-order valence-corrected chi connectivity index (χ2v) is 4.59. The molecule has 0 N–H and O–H groups in total. The van der Waals surface area contributed by atoms with Gasteiger partial charge < -0.3 is 6.42 Å². The van der Waals surface area contributed by atoms with Gasteiger partial charge in [0, 0.05) is 0 Å². The number of rotatable bonds is 0. The summed E-state index contributed by atoms with van der Waals surface area (Å²) >= 11 is 0. The summed E-state index contributed by atoms with van der Waals surface area (Å²) in [5.41, 5.74) is 0.862. The van der Waals surface area contributed by atoms with Crippen molar-refractivity contribution >= 4 is 32.3 Å². The Morgan fingerprint density at radius 2 is 1.28 bits per heavy atom. The predicted molar refractivity (Wildman–Crippen MR) is 76.4 cm³/mol. The van der Waals surface area contributed by atoms with Crippen molar-refractivity contribution in [3.63, 3.8) is 0 Å². The van der Waals surface area contributed by atoms with E-state index >= 15 is 0 Å². The molecule has 0 aromatic heterocycles. The topological polar surface area (TPSA) is 0 Å². The molecule has 4 aromatic carbocycles. The Labute approximate surface area is 105 Å². The van der Waals surface area contributed by atoms with Crippen molar-refractivity contribution in [2.24, 2.45) is 0 Å². The fourth-order valence-electron chi connectivity index (χ4n) is 2.84. The first-order chi connectivity index (χ1) is 8.88. The van der Waals surface area contributed by atoms with Crippen molar-refractivity contribution < 1.29 is 0 Å². The SMILES string of the molecule is [C-]#Cc1ccc2ccc3cccc4ccc1c2c34. The minimum Gasteiger partial charge on any atom is -0.366 e. The molecule has 0 saturated carbocycles. The highest BCUT2D eigenvalue weighted by atomic mass is 14.1. The van der Waals surface area contributed by atoms with Gasteiger partial charge in [-0.25, -0.2) is 0 Å². The van der Waals surface area contributed by atoms with Crippen LogP contribution in [0.5, 0.6) is 0 Å². The molecule has 0 saturated heterocycles. The van der Waals surface area contributed by atoms with Crippen LogP contribution in [0.15, 0.2) is 54.6 Å². The molecule has 0 radical (unpaired) electrons. The lowest BCUT2D eigenvalue weighted by molar-refractivity contribution is 1.74. The van der Waals surface area contributed by atoms with E-state index in [0.29, 0.717) is 0 Å². The maximum atomic E-state index is 7.41. The molecule has 82 valence electrons. The Balaban J connectivity index is 2.45. The van der Waals surface area contributed by atoms with Crippen LogP contribution in [0.1, 0.15) is 5.56 Å². The van der Waals surface area contributed by atoms with Crippen molar-refractivity contribution in [2.75, 3.05) is 0 Å². The molecule has 4 rings (SSSR count). The van der Waals surface area contributed by atoms with Gasteiger partial charge in [-0.1, -0.05) is 53.9 Å². The van der Waals surface area contributed by atoms with E-state index < -0.39 is 0 Å². The second-order valence-electron chi connectivity index (χ2n) is 4.59. The zero-order chi connectivity index (χ0) is 12.1. The zero-order valence-electron chi connectivity index (χ0n) is 9.70. The fraction of sp³-hybridized carbons (Fsp3) is 0. The molecule has 0 aliphatic rings. The Hall–Kier alpha value is -2.52. The number of benzene rings is 4. The molecule has 0 bridgehead atoms. The van der Waals surface area contributed by atoms with Crippen LogP contribution in [0, 0.1) is 12.3 Å².